The molecule has 3 heterocycles. The van der Waals surface area contributed by atoms with Gasteiger partial charge in [-0.25, -0.2) is 9.82 Å². The second-order valence-corrected chi connectivity index (χ2v) is 8.99. The Morgan fingerprint density at radius 3 is 2.84 bits per heavy atom. The summed E-state index contributed by atoms with van der Waals surface area (Å²) >= 11 is 0. The van der Waals surface area contributed by atoms with Gasteiger partial charge in [-0.2, -0.15) is 0 Å². The Bertz CT molecular complexity index is 994. The molecule has 3 aliphatic rings. The van der Waals surface area contributed by atoms with Crippen LogP contribution < -0.4 is 16.1 Å². The van der Waals surface area contributed by atoms with E-state index in [4.69, 9.17) is 0 Å². The predicted molar refractivity (Wildman–Crippen MR) is 120 cm³/mol. The van der Waals surface area contributed by atoms with Gasteiger partial charge >= 0.3 is 0 Å². The van der Waals surface area contributed by atoms with Gasteiger partial charge < -0.3 is 20.5 Å². The lowest BCUT2D eigenvalue weighted by molar-refractivity contribution is -0.132. The van der Waals surface area contributed by atoms with Gasteiger partial charge in [0.25, 0.3) is 0 Å². The molecule has 1 unspecified atom stereocenters. The van der Waals surface area contributed by atoms with Gasteiger partial charge in [0.15, 0.2) is 0 Å². The molecule has 0 aromatic heterocycles. The number of dihydropyridines is 1. The number of carbonyl (C=O) groups excluding carboxylic acids is 1. The van der Waals surface area contributed by atoms with Crippen molar-refractivity contribution in [3.8, 4) is 0 Å². The number of halogens is 1. The minimum Gasteiger partial charge on any atom is -0.383 e. The molecule has 31 heavy (non-hydrogen) atoms. The molecule has 1 atom stereocenters. The monoisotopic (exact) mass is 423 g/mol. The SMILES string of the molecule is C=C(NCc1cc(F)cc(C2=CN(C)NC2)c1)C1C=C(N2CCC(C)(C)C2=O)C=CN1. The number of amides is 1. The van der Waals surface area contributed by atoms with Gasteiger partial charge in [0.05, 0.1) is 6.04 Å². The predicted octanol–water partition coefficient (Wildman–Crippen LogP) is 2.85. The van der Waals surface area contributed by atoms with Crippen molar-refractivity contribution in [3.05, 3.63) is 77.7 Å². The molecule has 1 aromatic rings. The Morgan fingerprint density at radius 2 is 2.16 bits per heavy atom. The third-order valence-corrected chi connectivity index (χ3v) is 6.06. The average Bonchev–Trinajstić information content (AvgIpc) is 3.29. The molecule has 0 aliphatic carbocycles. The van der Waals surface area contributed by atoms with Gasteiger partial charge in [0.2, 0.25) is 5.91 Å². The molecule has 0 radical (unpaired) electrons. The molecular formula is C24H30FN5O. The fourth-order valence-electron chi connectivity index (χ4n) is 4.08. The minimum absolute atomic E-state index is 0.149. The molecule has 1 saturated heterocycles. The van der Waals surface area contributed by atoms with Crippen molar-refractivity contribution in [2.24, 2.45) is 5.41 Å². The largest absolute Gasteiger partial charge is 0.383 e. The van der Waals surface area contributed by atoms with E-state index in [1.54, 1.807) is 6.07 Å². The Labute approximate surface area is 183 Å². The number of nitrogens with one attached hydrogen (secondary N) is 3. The summed E-state index contributed by atoms with van der Waals surface area (Å²) in [5.74, 6) is -0.109. The summed E-state index contributed by atoms with van der Waals surface area (Å²) in [6.07, 6.45) is 8.59. The maximum absolute atomic E-state index is 14.2. The quantitative estimate of drug-likeness (QED) is 0.657. The van der Waals surface area contributed by atoms with E-state index in [1.807, 2.05) is 61.4 Å². The van der Waals surface area contributed by atoms with Gasteiger partial charge in [-0.05, 0) is 59.7 Å². The molecule has 164 valence electrons. The van der Waals surface area contributed by atoms with Crippen molar-refractivity contribution in [1.29, 1.82) is 0 Å². The van der Waals surface area contributed by atoms with Crippen molar-refractivity contribution in [2.75, 3.05) is 20.1 Å². The summed E-state index contributed by atoms with van der Waals surface area (Å²) in [7, 11) is 1.92. The minimum atomic E-state index is -0.321. The molecule has 3 aliphatic heterocycles. The molecule has 0 saturated carbocycles. The third kappa shape index (κ3) is 4.51. The molecule has 1 amide bonds. The number of hydrazine groups is 1. The summed E-state index contributed by atoms with van der Waals surface area (Å²) in [5.41, 5.74) is 7.27. The van der Waals surface area contributed by atoms with E-state index in [9.17, 15) is 9.18 Å². The van der Waals surface area contributed by atoms with E-state index in [1.165, 1.54) is 6.07 Å². The first-order chi connectivity index (χ1) is 14.7. The molecule has 4 rings (SSSR count). The van der Waals surface area contributed by atoms with Crippen LogP contribution in [0.1, 0.15) is 31.4 Å². The zero-order valence-electron chi connectivity index (χ0n) is 18.3. The van der Waals surface area contributed by atoms with Gasteiger partial charge in [-0.1, -0.05) is 20.4 Å². The van der Waals surface area contributed by atoms with E-state index in [0.29, 0.717) is 13.1 Å². The first-order valence-electron chi connectivity index (χ1n) is 10.6. The highest BCUT2D eigenvalue weighted by molar-refractivity contribution is 5.86. The molecule has 1 fully saturated rings. The number of rotatable bonds is 6. The number of hydrogen-bond donors (Lipinski definition) is 3. The van der Waals surface area contributed by atoms with E-state index < -0.39 is 0 Å². The highest BCUT2D eigenvalue weighted by atomic mass is 19.1. The normalized spacial score (nSPS) is 22.3. The standard InChI is InChI=1S/C24H30FN5O/c1-16(22-12-21(5-7-26-22)30-8-6-24(2,3)23(30)31)27-13-17-9-18(11-20(25)10-17)19-14-28-29(4)15-19/h5,7,9-12,15,22,26-28H,1,6,8,13-14H2,2-4H3. The number of nitrogens with zero attached hydrogens (tertiary/aromatic N) is 2. The van der Waals surface area contributed by atoms with Crippen LogP contribution in [0.15, 0.2) is 60.7 Å². The average molecular weight is 424 g/mol. The fourth-order valence-corrected chi connectivity index (χ4v) is 4.08. The maximum Gasteiger partial charge on any atom is 0.232 e. The number of carbonyl (C=O) groups is 1. The molecule has 0 bridgehead atoms. The van der Waals surface area contributed by atoms with Crippen LogP contribution in [-0.2, 0) is 11.3 Å². The zero-order chi connectivity index (χ0) is 22.2. The van der Waals surface area contributed by atoms with Crippen molar-refractivity contribution in [1.82, 2.24) is 26.0 Å². The molecule has 6 nitrogen and oxygen atoms in total. The Hall–Kier alpha value is -3.06. The van der Waals surface area contributed by atoms with E-state index >= 15 is 0 Å². The second kappa shape index (κ2) is 8.23. The summed E-state index contributed by atoms with van der Waals surface area (Å²) in [6.45, 7) is 9.99. The topological polar surface area (TPSA) is 59.6 Å². The summed E-state index contributed by atoms with van der Waals surface area (Å²) in [4.78, 5) is 14.5. The summed E-state index contributed by atoms with van der Waals surface area (Å²) in [5, 5.41) is 8.45. The van der Waals surface area contributed by atoms with Crippen LogP contribution in [0.25, 0.3) is 5.57 Å². The van der Waals surface area contributed by atoms with E-state index in [2.05, 4.69) is 22.6 Å². The highest BCUT2D eigenvalue weighted by Crippen LogP contribution is 2.33. The van der Waals surface area contributed by atoms with E-state index in [-0.39, 0.29) is 23.2 Å². The van der Waals surface area contributed by atoms with Crippen LogP contribution >= 0.6 is 0 Å². The molecule has 7 heteroatoms. The van der Waals surface area contributed by atoms with Gasteiger partial charge in [-0.3, -0.25) is 4.79 Å². The zero-order valence-corrected chi connectivity index (χ0v) is 18.3. The molecular weight excluding hydrogens is 393 g/mol. The van der Waals surface area contributed by atoms with Gasteiger partial charge in [0.1, 0.15) is 5.82 Å². The smallest absolute Gasteiger partial charge is 0.232 e. The van der Waals surface area contributed by atoms with Crippen molar-refractivity contribution in [2.45, 2.75) is 32.9 Å². The van der Waals surface area contributed by atoms with Crippen LogP contribution in [0.3, 0.4) is 0 Å². The molecule has 1 aromatic carbocycles. The van der Waals surface area contributed by atoms with Crippen LogP contribution in [0, 0.1) is 11.2 Å². The van der Waals surface area contributed by atoms with Crippen LogP contribution in [0.4, 0.5) is 4.39 Å². The van der Waals surface area contributed by atoms with Crippen molar-refractivity contribution >= 4 is 11.5 Å². The first-order valence-corrected chi connectivity index (χ1v) is 10.6. The second-order valence-electron chi connectivity index (χ2n) is 8.99. The number of benzene rings is 1. The molecule has 3 N–H and O–H groups in total. The Kier molecular flexibility index (Phi) is 5.62. The number of allylic oxidation sites excluding steroid dienone is 1. The lowest BCUT2D eigenvalue weighted by atomic mass is 9.92. The Balaban J connectivity index is 1.42. The van der Waals surface area contributed by atoms with Crippen LogP contribution in [0.2, 0.25) is 0 Å². The van der Waals surface area contributed by atoms with Crippen molar-refractivity contribution < 1.29 is 9.18 Å². The Morgan fingerprint density at radius 1 is 1.35 bits per heavy atom. The summed E-state index contributed by atoms with van der Waals surface area (Å²) in [6, 6.07) is 4.94. The first kappa shape index (κ1) is 21.2. The van der Waals surface area contributed by atoms with Crippen LogP contribution in [-0.4, -0.2) is 42.0 Å². The highest BCUT2D eigenvalue weighted by Gasteiger charge is 2.40. The van der Waals surface area contributed by atoms with Gasteiger partial charge in [0, 0.05) is 49.7 Å². The fraction of sp³-hybridized carbons (Fsp3) is 0.375. The lowest BCUT2D eigenvalue weighted by Gasteiger charge is -2.27. The van der Waals surface area contributed by atoms with Gasteiger partial charge in [-0.15, -0.1) is 0 Å². The van der Waals surface area contributed by atoms with E-state index in [0.717, 1.165) is 41.1 Å². The number of hydrogen-bond acceptors (Lipinski definition) is 5. The van der Waals surface area contributed by atoms with Crippen LogP contribution in [0.5, 0.6) is 0 Å². The lowest BCUT2D eigenvalue weighted by Crippen LogP contribution is -2.37. The van der Waals surface area contributed by atoms with Crippen molar-refractivity contribution in [3.63, 3.8) is 0 Å². The molecule has 0 spiro atoms. The number of likely N-dealkylation sites (tertiary alicyclic amines) is 1. The third-order valence-electron chi connectivity index (χ3n) is 6.06. The maximum atomic E-state index is 14.2. The summed E-state index contributed by atoms with van der Waals surface area (Å²) < 4.78 is 14.2.